The lowest BCUT2D eigenvalue weighted by molar-refractivity contribution is 0.149. The SMILES string of the molecule is CCNC(C)(C)CN1CCN(S(C)(=O)=O)CC1. The molecule has 1 rings (SSSR count). The van der Waals surface area contributed by atoms with Gasteiger partial charge in [0.1, 0.15) is 0 Å². The van der Waals surface area contributed by atoms with Crippen LogP contribution in [-0.4, -0.2) is 68.7 Å². The standard InChI is InChI=1S/C11H25N3O2S/c1-5-12-11(2,3)10-13-6-8-14(9-7-13)17(4,15)16/h12H,5-10H2,1-4H3. The first kappa shape index (κ1) is 14.9. The van der Waals surface area contributed by atoms with E-state index in [0.717, 1.165) is 26.2 Å². The Morgan fingerprint density at radius 1 is 1.18 bits per heavy atom. The van der Waals surface area contributed by atoms with Crippen LogP contribution in [0, 0.1) is 0 Å². The lowest BCUT2D eigenvalue weighted by Crippen LogP contribution is -2.55. The average Bonchev–Trinajstić information content (AvgIpc) is 2.16. The van der Waals surface area contributed by atoms with E-state index in [9.17, 15) is 8.42 Å². The van der Waals surface area contributed by atoms with Crippen LogP contribution in [-0.2, 0) is 10.0 Å². The number of sulfonamides is 1. The minimum Gasteiger partial charge on any atom is -0.311 e. The molecule has 1 N–H and O–H groups in total. The van der Waals surface area contributed by atoms with E-state index < -0.39 is 10.0 Å². The fourth-order valence-corrected chi connectivity index (χ4v) is 3.14. The summed E-state index contributed by atoms with van der Waals surface area (Å²) in [4.78, 5) is 2.32. The maximum Gasteiger partial charge on any atom is 0.211 e. The molecule has 1 heterocycles. The lowest BCUT2D eigenvalue weighted by Gasteiger charge is -2.38. The molecular formula is C11H25N3O2S. The molecule has 0 atom stereocenters. The highest BCUT2D eigenvalue weighted by atomic mass is 32.2. The van der Waals surface area contributed by atoms with Gasteiger partial charge in [-0.05, 0) is 20.4 Å². The normalized spacial score (nSPS) is 20.7. The molecule has 0 aliphatic carbocycles. The fourth-order valence-electron chi connectivity index (χ4n) is 2.31. The van der Waals surface area contributed by atoms with Crippen LogP contribution in [0.1, 0.15) is 20.8 Å². The van der Waals surface area contributed by atoms with Crippen LogP contribution in [0.15, 0.2) is 0 Å². The predicted molar refractivity (Wildman–Crippen MR) is 70.6 cm³/mol. The van der Waals surface area contributed by atoms with Gasteiger partial charge in [-0.2, -0.15) is 4.31 Å². The fraction of sp³-hybridized carbons (Fsp3) is 1.00. The number of hydrogen-bond acceptors (Lipinski definition) is 4. The number of hydrogen-bond donors (Lipinski definition) is 1. The van der Waals surface area contributed by atoms with Crippen LogP contribution in [0.3, 0.4) is 0 Å². The van der Waals surface area contributed by atoms with Crippen molar-refractivity contribution in [2.45, 2.75) is 26.3 Å². The molecule has 0 radical (unpaired) electrons. The molecule has 17 heavy (non-hydrogen) atoms. The van der Waals surface area contributed by atoms with Crippen LogP contribution in [0.2, 0.25) is 0 Å². The Morgan fingerprint density at radius 3 is 2.12 bits per heavy atom. The van der Waals surface area contributed by atoms with Gasteiger partial charge in [-0.1, -0.05) is 6.92 Å². The molecule has 0 spiro atoms. The summed E-state index contributed by atoms with van der Waals surface area (Å²) in [6.07, 6.45) is 1.28. The van der Waals surface area contributed by atoms with Gasteiger partial charge >= 0.3 is 0 Å². The first-order valence-corrected chi connectivity index (χ1v) is 8.02. The predicted octanol–water partition coefficient (Wildman–Crippen LogP) is -0.0483. The Hall–Kier alpha value is -0.170. The molecule has 6 heteroatoms. The monoisotopic (exact) mass is 263 g/mol. The summed E-state index contributed by atoms with van der Waals surface area (Å²) in [6.45, 7) is 11.2. The first-order chi connectivity index (χ1) is 7.74. The first-order valence-electron chi connectivity index (χ1n) is 6.17. The third-order valence-corrected chi connectivity index (χ3v) is 4.38. The molecular weight excluding hydrogens is 238 g/mol. The maximum atomic E-state index is 11.4. The maximum absolute atomic E-state index is 11.4. The van der Waals surface area contributed by atoms with E-state index in [1.54, 1.807) is 4.31 Å². The molecule has 0 saturated carbocycles. The Bertz CT molecular complexity index is 333. The Balaban J connectivity index is 2.43. The molecule has 0 aromatic carbocycles. The second-order valence-corrected chi connectivity index (χ2v) is 7.33. The van der Waals surface area contributed by atoms with Crippen LogP contribution in [0.5, 0.6) is 0 Å². The second kappa shape index (κ2) is 5.65. The van der Waals surface area contributed by atoms with Crippen molar-refractivity contribution in [1.29, 1.82) is 0 Å². The zero-order valence-corrected chi connectivity index (χ0v) is 12.2. The van der Waals surface area contributed by atoms with Crippen molar-refractivity contribution in [3.8, 4) is 0 Å². The average molecular weight is 263 g/mol. The minimum atomic E-state index is -3.01. The molecule has 0 amide bonds. The lowest BCUT2D eigenvalue weighted by atomic mass is 10.0. The summed E-state index contributed by atoms with van der Waals surface area (Å²) in [5.41, 5.74) is 0.0853. The summed E-state index contributed by atoms with van der Waals surface area (Å²) in [5, 5.41) is 3.44. The van der Waals surface area contributed by atoms with E-state index in [1.807, 2.05) is 0 Å². The minimum absolute atomic E-state index is 0.0853. The highest BCUT2D eigenvalue weighted by Gasteiger charge is 2.27. The number of nitrogens with zero attached hydrogens (tertiary/aromatic N) is 2. The van der Waals surface area contributed by atoms with Crippen molar-refractivity contribution in [1.82, 2.24) is 14.5 Å². The molecule has 1 aliphatic rings. The Labute approximate surface area is 105 Å². The molecule has 0 aromatic rings. The third kappa shape index (κ3) is 4.91. The number of likely N-dealkylation sites (N-methyl/N-ethyl adjacent to an activating group) is 1. The van der Waals surface area contributed by atoms with Gasteiger partial charge in [-0.15, -0.1) is 0 Å². The van der Waals surface area contributed by atoms with Crippen molar-refractivity contribution in [2.75, 3.05) is 45.5 Å². The Morgan fingerprint density at radius 2 is 1.71 bits per heavy atom. The van der Waals surface area contributed by atoms with Crippen LogP contribution < -0.4 is 5.32 Å². The highest BCUT2D eigenvalue weighted by molar-refractivity contribution is 7.88. The van der Waals surface area contributed by atoms with E-state index in [4.69, 9.17) is 0 Å². The van der Waals surface area contributed by atoms with Gasteiger partial charge in [0.15, 0.2) is 0 Å². The summed E-state index contributed by atoms with van der Waals surface area (Å²) in [5.74, 6) is 0. The van der Waals surface area contributed by atoms with E-state index >= 15 is 0 Å². The molecule has 5 nitrogen and oxygen atoms in total. The van der Waals surface area contributed by atoms with Gasteiger partial charge in [0.05, 0.1) is 6.26 Å². The van der Waals surface area contributed by atoms with Crippen molar-refractivity contribution in [3.05, 3.63) is 0 Å². The number of nitrogens with one attached hydrogen (secondary N) is 1. The van der Waals surface area contributed by atoms with Gasteiger partial charge in [-0.3, -0.25) is 4.90 Å². The van der Waals surface area contributed by atoms with Gasteiger partial charge < -0.3 is 5.32 Å². The van der Waals surface area contributed by atoms with Crippen LogP contribution in [0.25, 0.3) is 0 Å². The molecule has 102 valence electrons. The molecule has 0 aromatic heterocycles. The van der Waals surface area contributed by atoms with Gasteiger partial charge in [-0.25, -0.2) is 8.42 Å². The third-order valence-electron chi connectivity index (χ3n) is 3.07. The number of piperazine rings is 1. The molecule has 0 unspecified atom stereocenters. The quantitative estimate of drug-likeness (QED) is 0.756. The van der Waals surface area contributed by atoms with Crippen LogP contribution >= 0.6 is 0 Å². The highest BCUT2D eigenvalue weighted by Crippen LogP contribution is 2.10. The van der Waals surface area contributed by atoms with E-state index in [2.05, 4.69) is 31.0 Å². The van der Waals surface area contributed by atoms with Gasteiger partial charge in [0, 0.05) is 38.3 Å². The summed E-state index contributed by atoms with van der Waals surface area (Å²) >= 11 is 0. The van der Waals surface area contributed by atoms with Crippen molar-refractivity contribution < 1.29 is 8.42 Å². The van der Waals surface area contributed by atoms with E-state index in [1.165, 1.54) is 6.26 Å². The topological polar surface area (TPSA) is 52.6 Å². The van der Waals surface area contributed by atoms with Crippen LogP contribution in [0.4, 0.5) is 0 Å². The summed E-state index contributed by atoms with van der Waals surface area (Å²) in [7, 11) is -3.01. The van der Waals surface area contributed by atoms with Crippen molar-refractivity contribution in [2.24, 2.45) is 0 Å². The van der Waals surface area contributed by atoms with Gasteiger partial charge in [0.2, 0.25) is 10.0 Å². The number of rotatable bonds is 5. The molecule has 1 saturated heterocycles. The van der Waals surface area contributed by atoms with E-state index in [-0.39, 0.29) is 5.54 Å². The molecule has 1 aliphatic heterocycles. The second-order valence-electron chi connectivity index (χ2n) is 5.35. The summed E-state index contributed by atoms with van der Waals surface area (Å²) < 4.78 is 24.3. The molecule has 0 bridgehead atoms. The van der Waals surface area contributed by atoms with E-state index in [0.29, 0.717) is 13.1 Å². The zero-order chi connectivity index (χ0) is 13.1. The molecule has 1 fully saturated rings. The van der Waals surface area contributed by atoms with Crippen molar-refractivity contribution in [3.63, 3.8) is 0 Å². The summed E-state index contributed by atoms with van der Waals surface area (Å²) in [6, 6.07) is 0. The van der Waals surface area contributed by atoms with Gasteiger partial charge in [0.25, 0.3) is 0 Å². The smallest absolute Gasteiger partial charge is 0.211 e. The Kier molecular flexibility index (Phi) is 4.95. The van der Waals surface area contributed by atoms with Crippen molar-refractivity contribution >= 4 is 10.0 Å². The zero-order valence-electron chi connectivity index (χ0n) is 11.4. The largest absolute Gasteiger partial charge is 0.311 e.